The molecule has 0 amide bonds. The molecule has 1 rings (SSSR count). The van der Waals surface area contributed by atoms with Crippen LogP contribution in [0.2, 0.25) is 0 Å². The Morgan fingerprint density at radius 2 is 2.05 bits per heavy atom. The first-order valence-corrected chi connectivity index (χ1v) is 6.20. The first kappa shape index (κ1) is 16.8. The zero-order valence-corrected chi connectivity index (χ0v) is 11.6. The Morgan fingerprint density at radius 1 is 1.40 bits per heavy atom. The van der Waals surface area contributed by atoms with Crippen molar-refractivity contribution in [3.63, 3.8) is 0 Å². The lowest BCUT2D eigenvalue weighted by atomic mass is 10.1. The average molecular weight is 296 g/mol. The van der Waals surface area contributed by atoms with E-state index < -0.39 is 18.9 Å². The highest BCUT2D eigenvalue weighted by molar-refractivity contribution is 5.27. The lowest BCUT2D eigenvalue weighted by Crippen LogP contribution is -2.19. The Balaban J connectivity index is 2.62. The molecule has 0 bridgehead atoms. The van der Waals surface area contributed by atoms with E-state index in [1.54, 1.807) is 4.68 Å². The van der Waals surface area contributed by atoms with Crippen LogP contribution in [0.5, 0.6) is 5.75 Å². The molecule has 0 aliphatic rings. The Kier molecular flexibility index (Phi) is 5.82. The first-order valence-electron chi connectivity index (χ1n) is 6.20. The van der Waals surface area contributed by atoms with E-state index in [4.69, 9.17) is 4.74 Å². The number of alkyl halides is 3. The van der Waals surface area contributed by atoms with Crippen LogP contribution in [0.4, 0.5) is 13.2 Å². The Hall–Kier alpha value is -1.28. The van der Waals surface area contributed by atoms with Crippen LogP contribution in [0.15, 0.2) is 6.20 Å². The summed E-state index contributed by atoms with van der Waals surface area (Å²) in [6, 6.07) is -0.000330. The Morgan fingerprint density at radius 3 is 2.55 bits per heavy atom. The third kappa shape index (κ3) is 4.68. The number of methoxy groups -OCH3 is 1. The number of aliphatic hydroxyl groups is 1. The summed E-state index contributed by atoms with van der Waals surface area (Å²) in [5.41, 5.74) is 0.443. The van der Waals surface area contributed by atoms with Gasteiger partial charge in [0.2, 0.25) is 0 Å². The number of hydrogen-bond acceptors (Lipinski definition) is 4. The van der Waals surface area contributed by atoms with Crippen molar-refractivity contribution in [2.75, 3.05) is 20.3 Å². The van der Waals surface area contributed by atoms with E-state index in [2.05, 4.69) is 9.84 Å². The maximum Gasteiger partial charge on any atom is 0.411 e. The summed E-state index contributed by atoms with van der Waals surface area (Å²) >= 11 is 0. The van der Waals surface area contributed by atoms with Crippen molar-refractivity contribution in [2.45, 2.75) is 38.6 Å². The summed E-state index contributed by atoms with van der Waals surface area (Å²) in [6.45, 7) is 2.24. The fourth-order valence-corrected chi connectivity index (χ4v) is 1.76. The smallest absolute Gasteiger partial charge is 0.411 e. The number of halogens is 3. The van der Waals surface area contributed by atoms with Gasteiger partial charge < -0.3 is 14.6 Å². The average Bonchev–Trinajstić information content (AvgIpc) is 2.77. The standard InChI is InChI=1S/C12H19F3N2O3/c1-8(2)17-11(10(19-3)6-16-17)9(18)4-5-20-7-12(13,14)15/h6,8-9,18H,4-5,7H2,1-3H3. The molecule has 0 aliphatic carbocycles. The van der Waals surface area contributed by atoms with Crippen molar-refractivity contribution in [3.05, 3.63) is 11.9 Å². The molecule has 5 nitrogen and oxygen atoms in total. The number of aromatic nitrogens is 2. The SMILES string of the molecule is COc1cnn(C(C)C)c1C(O)CCOCC(F)(F)F. The van der Waals surface area contributed by atoms with Gasteiger partial charge in [0.15, 0.2) is 5.75 Å². The van der Waals surface area contributed by atoms with Crippen LogP contribution in [-0.4, -0.2) is 41.4 Å². The molecular weight excluding hydrogens is 277 g/mol. The molecule has 0 saturated carbocycles. The molecule has 0 radical (unpaired) electrons. The van der Waals surface area contributed by atoms with Gasteiger partial charge in [0, 0.05) is 19.1 Å². The van der Waals surface area contributed by atoms with Gasteiger partial charge in [-0.15, -0.1) is 0 Å². The Labute approximate surface area is 115 Å². The minimum atomic E-state index is -4.36. The molecule has 1 aromatic heterocycles. The molecule has 1 N–H and O–H groups in total. The number of nitrogens with zero attached hydrogens (tertiary/aromatic N) is 2. The van der Waals surface area contributed by atoms with E-state index in [1.165, 1.54) is 13.3 Å². The molecular formula is C12H19F3N2O3. The quantitative estimate of drug-likeness (QED) is 0.785. The van der Waals surface area contributed by atoms with Crippen molar-refractivity contribution in [3.8, 4) is 5.75 Å². The predicted molar refractivity (Wildman–Crippen MR) is 65.6 cm³/mol. The van der Waals surface area contributed by atoms with Crippen molar-refractivity contribution >= 4 is 0 Å². The van der Waals surface area contributed by atoms with E-state index in [0.29, 0.717) is 11.4 Å². The molecule has 0 spiro atoms. The highest BCUT2D eigenvalue weighted by atomic mass is 19.4. The fourth-order valence-electron chi connectivity index (χ4n) is 1.76. The highest BCUT2D eigenvalue weighted by Gasteiger charge is 2.28. The second-order valence-electron chi connectivity index (χ2n) is 4.61. The summed E-state index contributed by atoms with van der Waals surface area (Å²) in [5, 5.41) is 14.2. The van der Waals surface area contributed by atoms with Crippen LogP contribution < -0.4 is 4.74 Å². The van der Waals surface area contributed by atoms with Gasteiger partial charge in [0.1, 0.15) is 18.4 Å². The minimum absolute atomic E-state index is 0.000330. The second-order valence-corrected chi connectivity index (χ2v) is 4.61. The molecule has 0 aromatic carbocycles. The minimum Gasteiger partial charge on any atom is -0.493 e. The van der Waals surface area contributed by atoms with Gasteiger partial charge in [-0.3, -0.25) is 4.68 Å². The Bertz CT molecular complexity index is 419. The zero-order chi connectivity index (χ0) is 15.3. The van der Waals surface area contributed by atoms with Gasteiger partial charge in [0.05, 0.1) is 13.3 Å². The largest absolute Gasteiger partial charge is 0.493 e. The van der Waals surface area contributed by atoms with Crippen molar-refractivity contribution < 1.29 is 27.8 Å². The van der Waals surface area contributed by atoms with E-state index in [9.17, 15) is 18.3 Å². The molecule has 1 atom stereocenters. The molecule has 8 heteroatoms. The van der Waals surface area contributed by atoms with Crippen LogP contribution in [0.1, 0.15) is 38.1 Å². The maximum absolute atomic E-state index is 11.9. The molecule has 1 heterocycles. The predicted octanol–water partition coefficient (Wildman–Crippen LogP) is 2.48. The monoisotopic (exact) mass is 296 g/mol. The van der Waals surface area contributed by atoms with Gasteiger partial charge in [0.25, 0.3) is 0 Å². The maximum atomic E-state index is 11.9. The molecule has 116 valence electrons. The molecule has 0 saturated heterocycles. The van der Waals surface area contributed by atoms with Crippen molar-refractivity contribution in [2.24, 2.45) is 0 Å². The van der Waals surface area contributed by atoms with Crippen molar-refractivity contribution in [1.82, 2.24) is 9.78 Å². The topological polar surface area (TPSA) is 56.5 Å². The van der Waals surface area contributed by atoms with Crippen molar-refractivity contribution in [1.29, 1.82) is 0 Å². The molecule has 20 heavy (non-hydrogen) atoms. The van der Waals surface area contributed by atoms with Gasteiger partial charge >= 0.3 is 6.18 Å². The first-order chi connectivity index (χ1) is 9.26. The second kappa shape index (κ2) is 6.94. The fraction of sp³-hybridized carbons (Fsp3) is 0.750. The zero-order valence-electron chi connectivity index (χ0n) is 11.6. The normalized spacial score (nSPS) is 13.8. The third-order valence-corrected chi connectivity index (χ3v) is 2.62. The summed E-state index contributed by atoms with van der Waals surface area (Å²) in [4.78, 5) is 0. The molecule has 0 aliphatic heterocycles. The summed E-state index contributed by atoms with van der Waals surface area (Å²) in [7, 11) is 1.44. The summed E-state index contributed by atoms with van der Waals surface area (Å²) in [5.74, 6) is 0.405. The van der Waals surface area contributed by atoms with E-state index in [1.807, 2.05) is 13.8 Å². The number of ether oxygens (including phenoxy) is 2. The summed E-state index contributed by atoms with van der Waals surface area (Å²) in [6.07, 6.45) is -3.86. The summed E-state index contributed by atoms with van der Waals surface area (Å²) < 4.78 is 46.9. The lowest BCUT2D eigenvalue weighted by Gasteiger charge is -2.17. The number of rotatable bonds is 7. The van der Waals surface area contributed by atoms with Gasteiger partial charge in [-0.05, 0) is 13.8 Å². The van der Waals surface area contributed by atoms with E-state index in [-0.39, 0.29) is 19.1 Å². The van der Waals surface area contributed by atoms with Crippen LogP contribution in [0, 0.1) is 0 Å². The molecule has 0 fully saturated rings. The van der Waals surface area contributed by atoms with Gasteiger partial charge in [-0.2, -0.15) is 18.3 Å². The van der Waals surface area contributed by atoms with Crippen LogP contribution in [0.25, 0.3) is 0 Å². The van der Waals surface area contributed by atoms with Gasteiger partial charge in [-0.25, -0.2) is 0 Å². The number of hydrogen-bond donors (Lipinski definition) is 1. The van der Waals surface area contributed by atoms with E-state index in [0.717, 1.165) is 0 Å². The third-order valence-electron chi connectivity index (χ3n) is 2.62. The molecule has 1 unspecified atom stereocenters. The number of aliphatic hydroxyl groups excluding tert-OH is 1. The van der Waals surface area contributed by atoms with Crippen LogP contribution >= 0.6 is 0 Å². The van der Waals surface area contributed by atoms with Crippen LogP contribution in [0.3, 0.4) is 0 Å². The lowest BCUT2D eigenvalue weighted by molar-refractivity contribution is -0.175. The van der Waals surface area contributed by atoms with Crippen LogP contribution in [-0.2, 0) is 4.74 Å². The molecule has 1 aromatic rings. The van der Waals surface area contributed by atoms with E-state index >= 15 is 0 Å². The van der Waals surface area contributed by atoms with Gasteiger partial charge in [-0.1, -0.05) is 0 Å². The highest BCUT2D eigenvalue weighted by Crippen LogP contribution is 2.29.